The standard InChI is InChI=1S/C14H11FN4O3/c1-22-8-4-2-7(3-5-8)9-6-10(14(20)21)11(15)13(12(9)16)18-19-17/h2-6H,16H2,1H3,(H,20,21). The highest BCUT2D eigenvalue weighted by atomic mass is 19.1. The predicted molar refractivity (Wildman–Crippen MR) is 78.6 cm³/mol. The van der Waals surface area contributed by atoms with Crippen LogP contribution in [0.5, 0.6) is 5.75 Å². The van der Waals surface area contributed by atoms with Crippen molar-refractivity contribution in [1.29, 1.82) is 0 Å². The van der Waals surface area contributed by atoms with Crippen LogP contribution in [0.25, 0.3) is 21.6 Å². The molecule has 0 aromatic heterocycles. The van der Waals surface area contributed by atoms with Crippen LogP contribution in [0.2, 0.25) is 0 Å². The number of azide groups is 1. The van der Waals surface area contributed by atoms with Crippen LogP contribution in [-0.4, -0.2) is 18.2 Å². The average molecular weight is 302 g/mol. The number of benzene rings is 2. The van der Waals surface area contributed by atoms with Crippen LogP contribution in [0.3, 0.4) is 0 Å². The molecule has 7 nitrogen and oxygen atoms in total. The minimum absolute atomic E-state index is 0.134. The zero-order valence-corrected chi connectivity index (χ0v) is 11.4. The van der Waals surface area contributed by atoms with E-state index in [-0.39, 0.29) is 11.3 Å². The smallest absolute Gasteiger partial charge is 0.338 e. The predicted octanol–water partition coefficient (Wildman–Crippen LogP) is 3.72. The van der Waals surface area contributed by atoms with Crippen LogP contribution < -0.4 is 10.5 Å². The number of anilines is 1. The number of methoxy groups -OCH3 is 1. The van der Waals surface area contributed by atoms with Crippen molar-refractivity contribution < 1.29 is 19.0 Å². The van der Waals surface area contributed by atoms with Gasteiger partial charge in [-0.05, 0) is 29.3 Å². The second-order valence-corrected chi connectivity index (χ2v) is 4.27. The molecule has 0 unspecified atom stereocenters. The number of carboxylic acid groups (broad SMARTS) is 1. The van der Waals surface area contributed by atoms with Gasteiger partial charge in [0.15, 0.2) is 0 Å². The van der Waals surface area contributed by atoms with Gasteiger partial charge in [-0.25, -0.2) is 9.18 Å². The molecule has 0 fully saturated rings. The quantitative estimate of drug-likeness (QED) is 0.386. The number of carbonyl (C=O) groups is 1. The van der Waals surface area contributed by atoms with Gasteiger partial charge in [0.25, 0.3) is 0 Å². The summed E-state index contributed by atoms with van der Waals surface area (Å²) in [4.78, 5) is 13.6. The third-order valence-electron chi connectivity index (χ3n) is 3.05. The van der Waals surface area contributed by atoms with Crippen LogP contribution in [0, 0.1) is 5.82 Å². The first-order valence-corrected chi connectivity index (χ1v) is 6.04. The molecule has 2 aromatic carbocycles. The molecule has 0 aliphatic carbocycles. The number of hydrogen-bond donors (Lipinski definition) is 2. The molecule has 0 atom stereocenters. The summed E-state index contributed by atoms with van der Waals surface area (Å²) in [5, 5.41) is 12.2. The second kappa shape index (κ2) is 6.02. The Bertz CT molecular complexity index is 784. The van der Waals surface area contributed by atoms with Crippen LogP contribution in [-0.2, 0) is 0 Å². The van der Waals surface area contributed by atoms with Gasteiger partial charge in [-0.1, -0.05) is 17.2 Å². The molecule has 0 amide bonds. The van der Waals surface area contributed by atoms with Crippen molar-refractivity contribution in [3.8, 4) is 16.9 Å². The summed E-state index contributed by atoms with van der Waals surface area (Å²) < 4.78 is 19.1. The Morgan fingerprint density at radius 3 is 2.55 bits per heavy atom. The molecule has 0 heterocycles. The van der Waals surface area contributed by atoms with Crippen molar-refractivity contribution in [1.82, 2.24) is 0 Å². The summed E-state index contributed by atoms with van der Waals surface area (Å²) in [7, 11) is 1.50. The van der Waals surface area contributed by atoms with Gasteiger partial charge in [-0.2, -0.15) is 0 Å². The summed E-state index contributed by atoms with van der Waals surface area (Å²) in [6, 6.07) is 7.66. The molecule has 2 aromatic rings. The molecule has 3 N–H and O–H groups in total. The highest BCUT2D eigenvalue weighted by Gasteiger charge is 2.20. The number of carboxylic acids is 1. The lowest BCUT2D eigenvalue weighted by Gasteiger charge is -2.12. The van der Waals surface area contributed by atoms with Crippen LogP contribution in [0.4, 0.5) is 15.8 Å². The summed E-state index contributed by atoms with van der Waals surface area (Å²) in [5.41, 5.74) is 13.8. The fourth-order valence-corrected chi connectivity index (χ4v) is 1.97. The van der Waals surface area contributed by atoms with Crippen molar-refractivity contribution >= 4 is 17.3 Å². The Morgan fingerprint density at radius 1 is 1.41 bits per heavy atom. The molecule has 8 heteroatoms. The van der Waals surface area contributed by atoms with E-state index in [1.807, 2.05) is 0 Å². The number of nitrogens with two attached hydrogens (primary N) is 1. The van der Waals surface area contributed by atoms with E-state index in [1.54, 1.807) is 24.3 Å². The number of nitrogens with zero attached hydrogens (tertiary/aromatic N) is 3. The lowest BCUT2D eigenvalue weighted by molar-refractivity contribution is 0.0692. The highest BCUT2D eigenvalue weighted by Crippen LogP contribution is 2.38. The maximum atomic E-state index is 14.0. The van der Waals surface area contributed by atoms with E-state index >= 15 is 0 Å². The van der Waals surface area contributed by atoms with Gasteiger partial charge in [-0.15, -0.1) is 0 Å². The first-order valence-electron chi connectivity index (χ1n) is 6.04. The summed E-state index contributed by atoms with van der Waals surface area (Å²) in [5.74, 6) is -2.06. The molecule has 0 bridgehead atoms. The molecule has 112 valence electrons. The Morgan fingerprint density at radius 2 is 2.05 bits per heavy atom. The fraction of sp³-hybridized carbons (Fsp3) is 0.0714. The van der Waals surface area contributed by atoms with Gasteiger partial charge in [0.05, 0.1) is 24.0 Å². The molecular formula is C14H11FN4O3. The summed E-state index contributed by atoms with van der Waals surface area (Å²) in [6.45, 7) is 0. The van der Waals surface area contributed by atoms with Crippen molar-refractivity contribution in [2.45, 2.75) is 0 Å². The van der Waals surface area contributed by atoms with Crippen molar-refractivity contribution in [3.63, 3.8) is 0 Å². The van der Waals surface area contributed by atoms with Gasteiger partial charge in [0, 0.05) is 10.5 Å². The van der Waals surface area contributed by atoms with E-state index in [9.17, 15) is 9.18 Å². The average Bonchev–Trinajstić information content (AvgIpc) is 2.51. The maximum absolute atomic E-state index is 14.0. The molecule has 22 heavy (non-hydrogen) atoms. The van der Waals surface area contributed by atoms with Gasteiger partial charge in [-0.3, -0.25) is 0 Å². The Hall–Kier alpha value is -3.25. The lowest BCUT2D eigenvalue weighted by atomic mass is 9.99. The van der Waals surface area contributed by atoms with E-state index in [4.69, 9.17) is 21.1 Å². The third kappa shape index (κ3) is 2.63. The summed E-state index contributed by atoms with van der Waals surface area (Å²) in [6.07, 6.45) is 0. The molecule has 0 saturated carbocycles. The Kier molecular flexibility index (Phi) is 4.15. The highest BCUT2D eigenvalue weighted by molar-refractivity contribution is 5.96. The molecule has 2 rings (SSSR count). The molecule has 0 spiro atoms. The maximum Gasteiger partial charge on any atom is 0.338 e. The normalized spacial score (nSPS) is 9.91. The summed E-state index contributed by atoms with van der Waals surface area (Å²) >= 11 is 0. The minimum atomic E-state index is -1.48. The zero-order valence-electron chi connectivity index (χ0n) is 11.4. The largest absolute Gasteiger partial charge is 0.497 e. The molecule has 0 aliphatic rings. The molecule has 0 saturated heterocycles. The van der Waals surface area contributed by atoms with Gasteiger partial charge < -0.3 is 15.6 Å². The van der Waals surface area contributed by atoms with E-state index in [1.165, 1.54) is 7.11 Å². The topological polar surface area (TPSA) is 121 Å². The number of nitrogen functional groups attached to an aromatic ring is 1. The van der Waals surface area contributed by atoms with Crippen molar-refractivity contribution in [3.05, 3.63) is 52.2 Å². The van der Waals surface area contributed by atoms with E-state index < -0.39 is 23.0 Å². The monoisotopic (exact) mass is 302 g/mol. The Labute approximate surface area is 124 Å². The number of ether oxygens (including phenoxy) is 1. The van der Waals surface area contributed by atoms with Crippen molar-refractivity contribution in [2.24, 2.45) is 5.11 Å². The first kappa shape index (κ1) is 15.1. The van der Waals surface area contributed by atoms with Gasteiger partial charge >= 0.3 is 5.97 Å². The lowest BCUT2D eigenvalue weighted by Crippen LogP contribution is -2.04. The SMILES string of the molecule is COc1ccc(-c2cc(C(=O)O)c(F)c(N=[N+]=[N-])c2N)cc1. The van der Waals surface area contributed by atoms with Crippen molar-refractivity contribution in [2.75, 3.05) is 12.8 Å². The number of aromatic carboxylic acids is 1. The third-order valence-corrected chi connectivity index (χ3v) is 3.05. The Balaban J connectivity index is 2.73. The van der Waals surface area contributed by atoms with E-state index in [0.29, 0.717) is 11.3 Å². The van der Waals surface area contributed by atoms with Gasteiger partial charge in [0.1, 0.15) is 11.6 Å². The zero-order chi connectivity index (χ0) is 16.3. The van der Waals surface area contributed by atoms with Crippen LogP contribution in [0.15, 0.2) is 35.4 Å². The molecule has 0 radical (unpaired) electrons. The number of hydrogen-bond acceptors (Lipinski definition) is 4. The van der Waals surface area contributed by atoms with Gasteiger partial charge in [0.2, 0.25) is 0 Å². The van der Waals surface area contributed by atoms with Crippen LogP contribution >= 0.6 is 0 Å². The molecule has 0 aliphatic heterocycles. The van der Waals surface area contributed by atoms with E-state index in [0.717, 1.165) is 6.07 Å². The molecular weight excluding hydrogens is 291 g/mol. The number of rotatable bonds is 4. The fourth-order valence-electron chi connectivity index (χ4n) is 1.97. The number of halogens is 1. The minimum Gasteiger partial charge on any atom is -0.497 e. The first-order chi connectivity index (χ1) is 10.5. The second-order valence-electron chi connectivity index (χ2n) is 4.27. The van der Waals surface area contributed by atoms with Crippen LogP contribution in [0.1, 0.15) is 10.4 Å². The van der Waals surface area contributed by atoms with E-state index in [2.05, 4.69) is 10.0 Å².